The molecule has 6 heteroatoms. The first-order valence-corrected chi connectivity index (χ1v) is 9.08. The van der Waals surface area contributed by atoms with E-state index in [0.717, 1.165) is 19.6 Å². The molecule has 3 N–H and O–H groups in total. The zero-order chi connectivity index (χ0) is 18.5. The normalized spacial score (nSPS) is 16.6. The molecule has 0 spiro atoms. The third-order valence-corrected chi connectivity index (χ3v) is 2.62. The van der Waals surface area contributed by atoms with Crippen molar-refractivity contribution in [2.75, 3.05) is 52.5 Å². The van der Waals surface area contributed by atoms with Gasteiger partial charge in [-0.3, -0.25) is 9.69 Å². The van der Waals surface area contributed by atoms with Crippen LogP contribution in [0.1, 0.15) is 51.3 Å². The lowest BCUT2D eigenvalue weighted by Crippen LogP contribution is -2.48. The smallest absolute Gasteiger partial charge is 0.216 e. The van der Waals surface area contributed by atoms with Crippen molar-refractivity contribution in [3.05, 3.63) is 0 Å². The molecule has 1 fully saturated rings. The van der Waals surface area contributed by atoms with Crippen LogP contribution < -0.4 is 11.1 Å². The van der Waals surface area contributed by atoms with Crippen molar-refractivity contribution in [3.63, 3.8) is 0 Å². The fourth-order valence-electron chi connectivity index (χ4n) is 1.74. The van der Waals surface area contributed by atoms with E-state index in [0.29, 0.717) is 32.9 Å². The van der Waals surface area contributed by atoms with E-state index in [2.05, 4.69) is 10.2 Å². The second-order valence-electron chi connectivity index (χ2n) is 4.13. The average molecular weight is 340 g/mol. The minimum atomic E-state index is -0.0167. The summed E-state index contributed by atoms with van der Waals surface area (Å²) in [4.78, 5) is 13.1. The first-order valence-electron chi connectivity index (χ1n) is 9.08. The molecule has 0 aliphatic carbocycles. The standard InChI is InChI=1S/C11H23N3O3.3C2H6.2H2/c1-10(15)13-8-11-9-14(4-7-17-11)3-6-16-5-2-12;3*1-2;;/h11H,2-9,12H2,1H3,(H,13,15);3*1-2H3;2*1H. The maximum atomic E-state index is 10.8. The summed E-state index contributed by atoms with van der Waals surface area (Å²) in [6.07, 6.45) is 0.0853. The van der Waals surface area contributed by atoms with Crippen LogP contribution in [0.25, 0.3) is 0 Å². The predicted octanol–water partition coefficient (Wildman–Crippen LogP) is 2.37. The fourth-order valence-corrected chi connectivity index (χ4v) is 1.74. The minimum Gasteiger partial charge on any atom is -0.379 e. The molecule has 6 nitrogen and oxygen atoms in total. The Balaban J connectivity index is -0.000000150. The molecule has 0 aromatic heterocycles. The molecule has 1 atom stereocenters. The molecule has 146 valence electrons. The van der Waals surface area contributed by atoms with Gasteiger partial charge in [0.05, 0.1) is 25.9 Å². The first-order chi connectivity index (χ1) is 11.2. The van der Waals surface area contributed by atoms with E-state index in [4.69, 9.17) is 15.2 Å². The molecule has 0 saturated carbocycles. The van der Waals surface area contributed by atoms with E-state index in [1.54, 1.807) is 0 Å². The molecule has 1 rings (SSSR count). The number of hydrogen-bond acceptors (Lipinski definition) is 5. The van der Waals surface area contributed by atoms with Crippen molar-refractivity contribution >= 4 is 5.91 Å². The predicted molar refractivity (Wildman–Crippen MR) is 103 cm³/mol. The van der Waals surface area contributed by atoms with Gasteiger partial charge in [0.1, 0.15) is 0 Å². The number of nitrogens with one attached hydrogen (secondary N) is 1. The number of rotatable bonds is 7. The van der Waals surface area contributed by atoms with Crippen LogP contribution in [0.2, 0.25) is 0 Å². The Kier molecular flexibility index (Phi) is 27.8. The van der Waals surface area contributed by atoms with Crippen molar-refractivity contribution in [1.29, 1.82) is 0 Å². The SMILES string of the molecule is CC.CC.CC.CC(=O)NCC1CN(CCOCCN)CCO1.[HH].[HH]. The van der Waals surface area contributed by atoms with Gasteiger partial charge in [-0.05, 0) is 0 Å². The molecular weight excluding hydrogens is 294 g/mol. The van der Waals surface area contributed by atoms with E-state index in [-0.39, 0.29) is 14.9 Å². The van der Waals surface area contributed by atoms with Gasteiger partial charge in [-0.2, -0.15) is 0 Å². The highest BCUT2D eigenvalue weighted by Gasteiger charge is 2.19. The van der Waals surface area contributed by atoms with E-state index in [1.165, 1.54) is 6.92 Å². The van der Waals surface area contributed by atoms with Gasteiger partial charge in [0, 0.05) is 42.5 Å². The van der Waals surface area contributed by atoms with Gasteiger partial charge in [0.25, 0.3) is 0 Å². The maximum absolute atomic E-state index is 10.8. The number of nitrogens with two attached hydrogens (primary N) is 1. The summed E-state index contributed by atoms with van der Waals surface area (Å²) in [5.74, 6) is -0.0167. The lowest BCUT2D eigenvalue weighted by atomic mass is 10.2. The summed E-state index contributed by atoms with van der Waals surface area (Å²) in [6.45, 7) is 19.3. The molecule has 1 aliphatic rings. The van der Waals surface area contributed by atoms with Crippen LogP contribution >= 0.6 is 0 Å². The van der Waals surface area contributed by atoms with E-state index < -0.39 is 0 Å². The third-order valence-electron chi connectivity index (χ3n) is 2.62. The Morgan fingerprint density at radius 3 is 2.39 bits per heavy atom. The van der Waals surface area contributed by atoms with Gasteiger partial charge in [0.15, 0.2) is 0 Å². The molecule has 0 aromatic carbocycles. The average Bonchev–Trinajstić information content (AvgIpc) is 2.62. The van der Waals surface area contributed by atoms with Crippen LogP contribution in [0, 0.1) is 0 Å². The molecule has 0 bridgehead atoms. The van der Waals surface area contributed by atoms with E-state index in [1.807, 2.05) is 41.5 Å². The van der Waals surface area contributed by atoms with Gasteiger partial charge in [-0.25, -0.2) is 0 Å². The molecule has 23 heavy (non-hydrogen) atoms. The van der Waals surface area contributed by atoms with Crippen LogP contribution in [0.5, 0.6) is 0 Å². The summed E-state index contributed by atoms with van der Waals surface area (Å²) < 4.78 is 10.9. The zero-order valence-electron chi connectivity index (χ0n) is 16.5. The van der Waals surface area contributed by atoms with Crippen LogP contribution in [0.4, 0.5) is 0 Å². The summed E-state index contributed by atoms with van der Waals surface area (Å²) >= 11 is 0. The van der Waals surface area contributed by atoms with Crippen molar-refractivity contribution in [3.8, 4) is 0 Å². The van der Waals surface area contributed by atoms with Crippen LogP contribution in [-0.4, -0.2) is 69.5 Å². The molecule has 1 heterocycles. The summed E-state index contributed by atoms with van der Waals surface area (Å²) in [5, 5.41) is 2.77. The quantitative estimate of drug-likeness (QED) is 0.696. The van der Waals surface area contributed by atoms with E-state index >= 15 is 0 Å². The van der Waals surface area contributed by atoms with Crippen LogP contribution in [0.15, 0.2) is 0 Å². The number of morpholine rings is 1. The third kappa shape index (κ3) is 19.3. The highest BCUT2D eigenvalue weighted by molar-refractivity contribution is 5.72. The maximum Gasteiger partial charge on any atom is 0.216 e. The van der Waals surface area contributed by atoms with Crippen LogP contribution in [-0.2, 0) is 14.3 Å². The highest BCUT2D eigenvalue weighted by Crippen LogP contribution is 2.04. The second-order valence-corrected chi connectivity index (χ2v) is 4.13. The van der Waals surface area contributed by atoms with Crippen molar-refractivity contribution in [1.82, 2.24) is 10.2 Å². The molecular formula is C17H45N3O3. The number of hydrogen-bond donors (Lipinski definition) is 2. The Labute approximate surface area is 147 Å². The minimum absolute atomic E-state index is 0. The topological polar surface area (TPSA) is 76.8 Å². The monoisotopic (exact) mass is 339 g/mol. The van der Waals surface area contributed by atoms with Crippen LogP contribution in [0.3, 0.4) is 0 Å². The Bertz CT molecular complexity index is 239. The van der Waals surface area contributed by atoms with Crippen molar-refractivity contribution in [2.24, 2.45) is 5.73 Å². The molecule has 1 unspecified atom stereocenters. The lowest BCUT2D eigenvalue weighted by molar-refractivity contribution is -0.120. The van der Waals surface area contributed by atoms with Crippen molar-refractivity contribution in [2.45, 2.75) is 54.6 Å². The Morgan fingerprint density at radius 1 is 1.26 bits per heavy atom. The molecule has 1 saturated heterocycles. The van der Waals surface area contributed by atoms with Gasteiger partial charge in [0.2, 0.25) is 5.91 Å². The van der Waals surface area contributed by atoms with Gasteiger partial charge in [-0.15, -0.1) is 0 Å². The number of nitrogens with zero attached hydrogens (tertiary/aromatic N) is 1. The Morgan fingerprint density at radius 2 is 1.87 bits per heavy atom. The first kappa shape index (κ1) is 27.2. The highest BCUT2D eigenvalue weighted by atomic mass is 16.5. The number of carbonyl (C=O) groups is 1. The zero-order valence-corrected chi connectivity index (χ0v) is 16.5. The van der Waals surface area contributed by atoms with Gasteiger partial charge >= 0.3 is 0 Å². The molecule has 0 aromatic rings. The summed E-state index contributed by atoms with van der Waals surface area (Å²) in [7, 11) is 0. The lowest BCUT2D eigenvalue weighted by Gasteiger charge is -2.32. The largest absolute Gasteiger partial charge is 0.379 e. The summed E-state index contributed by atoms with van der Waals surface area (Å²) in [5.41, 5.74) is 5.34. The van der Waals surface area contributed by atoms with E-state index in [9.17, 15) is 4.79 Å². The van der Waals surface area contributed by atoms with Gasteiger partial charge in [-0.1, -0.05) is 41.5 Å². The fraction of sp³-hybridized carbons (Fsp3) is 0.941. The number of ether oxygens (including phenoxy) is 2. The molecule has 0 radical (unpaired) electrons. The Hall–Kier alpha value is -0.690. The molecule has 1 aliphatic heterocycles. The van der Waals surface area contributed by atoms with Gasteiger partial charge < -0.3 is 20.5 Å². The number of amides is 1. The summed E-state index contributed by atoms with van der Waals surface area (Å²) in [6, 6.07) is 0. The molecule has 1 amide bonds. The van der Waals surface area contributed by atoms with Crippen molar-refractivity contribution < 1.29 is 17.1 Å². The second kappa shape index (κ2) is 23.6. The number of carbonyl (C=O) groups excluding carboxylic acids is 1.